The van der Waals surface area contributed by atoms with E-state index in [0.717, 1.165) is 27.3 Å². The van der Waals surface area contributed by atoms with E-state index in [1.807, 2.05) is 25.1 Å². The van der Waals surface area contributed by atoms with E-state index in [0.29, 0.717) is 6.04 Å². The minimum atomic E-state index is 0.298. The second-order valence-corrected chi connectivity index (χ2v) is 5.97. The molecule has 0 saturated heterocycles. The second kappa shape index (κ2) is 7.07. The van der Waals surface area contributed by atoms with Gasteiger partial charge in [-0.15, -0.1) is 0 Å². The van der Waals surface area contributed by atoms with Gasteiger partial charge in [0.05, 0.1) is 5.02 Å². The molecule has 3 nitrogen and oxygen atoms in total. The molecular formula is C15H18ClN3S. The van der Waals surface area contributed by atoms with E-state index in [1.54, 1.807) is 6.20 Å². The number of nitrogens with one attached hydrogen (secondary N) is 1. The molecule has 1 N–H and O–H groups in total. The fraction of sp³-hybridized carbons (Fsp3) is 0.333. The number of hydrogen-bond acceptors (Lipinski definition) is 4. The van der Waals surface area contributed by atoms with E-state index >= 15 is 0 Å². The standard InChI is InChI=1S/C15H18ClN3S/c1-4-17-11(3)12-5-6-14(13(16)9-12)20-15-18-8-7-10(2)19-15/h5-9,11,17H,4H2,1-3H3. The molecule has 0 spiro atoms. The zero-order valence-electron chi connectivity index (χ0n) is 11.9. The SMILES string of the molecule is CCNC(C)c1ccc(Sc2nccc(C)n2)c(Cl)c1. The van der Waals surface area contributed by atoms with Crippen LogP contribution in [0, 0.1) is 6.92 Å². The molecule has 1 aromatic carbocycles. The van der Waals surface area contributed by atoms with E-state index in [-0.39, 0.29) is 0 Å². The Kier molecular flexibility index (Phi) is 5.40. The van der Waals surface area contributed by atoms with E-state index in [2.05, 4.69) is 35.2 Å². The van der Waals surface area contributed by atoms with Gasteiger partial charge in [0.1, 0.15) is 0 Å². The molecule has 0 amide bonds. The van der Waals surface area contributed by atoms with Crippen LogP contribution in [0.1, 0.15) is 31.1 Å². The summed E-state index contributed by atoms with van der Waals surface area (Å²) in [5.41, 5.74) is 2.14. The summed E-state index contributed by atoms with van der Waals surface area (Å²) in [4.78, 5) is 9.60. The van der Waals surface area contributed by atoms with Crippen molar-refractivity contribution in [3.63, 3.8) is 0 Å². The van der Waals surface area contributed by atoms with Crippen LogP contribution in [0.5, 0.6) is 0 Å². The molecule has 0 aliphatic rings. The Bertz CT molecular complexity index is 589. The van der Waals surface area contributed by atoms with Gasteiger partial charge in [0.25, 0.3) is 0 Å². The van der Waals surface area contributed by atoms with E-state index in [4.69, 9.17) is 11.6 Å². The van der Waals surface area contributed by atoms with Gasteiger partial charge in [0.15, 0.2) is 5.16 Å². The minimum absolute atomic E-state index is 0.298. The van der Waals surface area contributed by atoms with Crippen molar-refractivity contribution < 1.29 is 0 Å². The third-order valence-electron chi connectivity index (χ3n) is 2.94. The molecule has 1 unspecified atom stereocenters. The van der Waals surface area contributed by atoms with Gasteiger partial charge in [0, 0.05) is 22.8 Å². The number of halogens is 1. The van der Waals surface area contributed by atoms with Gasteiger partial charge in [0.2, 0.25) is 0 Å². The highest BCUT2D eigenvalue weighted by atomic mass is 35.5. The predicted octanol–water partition coefficient (Wildman–Crippen LogP) is 4.26. The molecule has 106 valence electrons. The summed E-state index contributed by atoms with van der Waals surface area (Å²) in [6.45, 7) is 7.12. The lowest BCUT2D eigenvalue weighted by molar-refractivity contribution is 0.598. The van der Waals surface area contributed by atoms with Crippen LogP contribution in [0.25, 0.3) is 0 Å². The molecule has 1 heterocycles. The normalized spacial score (nSPS) is 12.4. The van der Waals surface area contributed by atoms with Gasteiger partial charge in [-0.05, 0) is 55.9 Å². The Morgan fingerprint density at radius 2 is 2.15 bits per heavy atom. The van der Waals surface area contributed by atoms with Crippen molar-refractivity contribution in [2.45, 2.75) is 36.9 Å². The maximum Gasteiger partial charge on any atom is 0.192 e. The Labute approximate surface area is 129 Å². The maximum atomic E-state index is 6.36. The summed E-state index contributed by atoms with van der Waals surface area (Å²) in [5.74, 6) is 0. The quantitative estimate of drug-likeness (QED) is 0.838. The lowest BCUT2D eigenvalue weighted by Gasteiger charge is -2.14. The second-order valence-electron chi connectivity index (χ2n) is 4.55. The number of hydrogen-bond donors (Lipinski definition) is 1. The molecule has 0 aliphatic carbocycles. The summed E-state index contributed by atoms with van der Waals surface area (Å²) in [6.07, 6.45) is 1.76. The highest BCUT2D eigenvalue weighted by Gasteiger charge is 2.09. The molecular weight excluding hydrogens is 290 g/mol. The van der Waals surface area contributed by atoms with Crippen LogP contribution in [-0.2, 0) is 0 Å². The summed E-state index contributed by atoms with van der Waals surface area (Å²) in [6, 6.07) is 8.31. The van der Waals surface area contributed by atoms with E-state index < -0.39 is 0 Å². The van der Waals surface area contributed by atoms with E-state index in [9.17, 15) is 0 Å². The highest BCUT2D eigenvalue weighted by molar-refractivity contribution is 7.99. The van der Waals surface area contributed by atoms with Crippen molar-refractivity contribution in [3.8, 4) is 0 Å². The third kappa shape index (κ3) is 3.95. The Hall–Kier alpha value is -1.10. The molecule has 1 aromatic heterocycles. The first-order valence-electron chi connectivity index (χ1n) is 6.60. The van der Waals surface area contributed by atoms with Crippen LogP contribution < -0.4 is 5.32 Å². The monoisotopic (exact) mass is 307 g/mol. The third-order valence-corrected chi connectivity index (χ3v) is 4.32. The number of rotatable bonds is 5. The van der Waals surface area contributed by atoms with Gasteiger partial charge in [-0.3, -0.25) is 0 Å². The van der Waals surface area contributed by atoms with Crippen molar-refractivity contribution in [3.05, 3.63) is 46.7 Å². The number of aryl methyl sites for hydroxylation is 1. The molecule has 0 aliphatic heterocycles. The van der Waals surface area contributed by atoms with Crippen LogP contribution in [0.15, 0.2) is 40.5 Å². The first-order chi connectivity index (χ1) is 9.60. The van der Waals surface area contributed by atoms with Gasteiger partial charge in [-0.2, -0.15) is 0 Å². The molecule has 2 aromatic rings. The largest absolute Gasteiger partial charge is 0.310 e. The predicted molar refractivity (Wildman–Crippen MR) is 84.4 cm³/mol. The van der Waals surface area contributed by atoms with Crippen molar-refractivity contribution in [1.82, 2.24) is 15.3 Å². The number of aromatic nitrogens is 2. The summed E-state index contributed by atoms with van der Waals surface area (Å²) in [5, 5.41) is 4.84. The van der Waals surface area contributed by atoms with Crippen molar-refractivity contribution in [2.24, 2.45) is 0 Å². The molecule has 2 rings (SSSR count). The van der Waals surface area contributed by atoms with Crippen LogP contribution in [0.2, 0.25) is 5.02 Å². The minimum Gasteiger partial charge on any atom is -0.310 e. The molecule has 5 heteroatoms. The Morgan fingerprint density at radius 1 is 1.35 bits per heavy atom. The van der Waals surface area contributed by atoms with Gasteiger partial charge >= 0.3 is 0 Å². The molecule has 0 bridgehead atoms. The molecule has 0 fully saturated rings. The first-order valence-corrected chi connectivity index (χ1v) is 7.80. The van der Waals surface area contributed by atoms with Crippen molar-refractivity contribution in [2.75, 3.05) is 6.54 Å². The zero-order valence-corrected chi connectivity index (χ0v) is 13.4. The average molecular weight is 308 g/mol. The van der Waals surface area contributed by atoms with E-state index in [1.165, 1.54) is 17.3 Å². The molecule has 0 radical (unpaired) electrons. The Balaban J connectivity index is 2.17. The lowest BCUT2D eigenvalue weighted by Crippen LogP contribution is -2.17. The fourth-order valence-corrected chi connectivity index (χ4v) is 2.96. The van der Waals surface area contributed by atoms with Crippen molar-refractivity contribution >= 4 is 23.4 Å². The van der Waals surface area contributed by atoms with Crippen molar-refractivity contribution in [1.29, 1.82) is 0 Å². The van der Waals surface area contributed by atoms with Gasteiger partial charge in [-0.1, -0.05) is 24.6 Å². The summed E-state index contributed by atoms with van der Waals surface area (Å²) < 4.78 is 0. The smallest absolute Gasteiger partial charge is 0.192 e. The molecule has 1 atom stereocenters. The van der Waals surface area contributed by atoms with Crippen LogP contribution in [0.3, 0.4) is 0 Å². The lowest BCUT2D eigenvalue weighted by atomic mass is 10.1. The van der Waals surface area contributed by atoms with Gasteiger partial charge < -0.3 is 5.32 Å². The Morgan fingerprint density at radius 3 is 2.80 bits per heavy atom. The van der Waals surface area contributed by atoms with Gasteiger partial charge in [-0.25, -0.2) is 9.97 Å². The first kappa shape index (κ1) is 15.3. The van der Waals surface area contributed by atoms with Crippen LogP contribution >= 0.6 is 23.4 Å². The number of benzene rings is 1. The van der Waals surface area contributed by atoms with Crippen LogP contribution in [-0.4, -0.2) is 16.5 Å². The van der Waals surface area contributed by atoms with Crippen LogP contribution in [0.4, 0.5) is 0 Å². The topological polar surface area (TPSA) is 37.8 Å². The molecule has 0 saturated carbocycles. The number of nitrogens with zero attached hydrogens (tertiary/aromatic N) is 2. The summed E-state index contributed by atoms with van der Waals surface area (Å²) >= 11 is 7.85. The fourth-order valence-electron chi connectivity index (χ4n) is 1.87. The molecule has 20 heavy (non-hydrogen) atoms. The summed E-state index contributed by atoms with van der Waals surface area (Å²) in [7, 11) is 0. The maximum absolute atomic E-state index is 6.36. The highest BCUT2D eigenvalue weighted by Crippen LogP contribution is 2.33. The zero-order chi connectivity index (χ0) is 14.5. The average Bonchev–Trinajstić information content (AvgIpc) is 2.41.